The van der Waals surface area contributed by atoms with E-state index in [-0.39, 0.29) is 114 Å². The van der Waals surface area contributed by atoms with Gasteiger partial charge in [0.05, 0.1) is 41.2 Å². The summed E-state index contributed by atoms with van der Waals surface area (Å²) in [5, 5.41) is 11.8. The minimum atomic E-state index is -0.927. The maximum Gasteiger partial charge on any atom is 1.00 e. The number of aliphatic carboxylic acids is 1. The van der Waals surface area contributed by atoms with Crippen molar-refractivity contribution in [3.05, 3.63) is 117 Å². The van der Waals surface area contributed by atoms with Gasteiger partial charge in [-0.2, -0.15) is 9.59 Å². The number of nitrogen functional groups attached to an aromatic ring is 1. The van der Waals surface area contributed by atoms with Crippen LogP contribution in [0.2, 0.25) is 0 Å². The number of nitrogens with two attached hydrogens (primary N) is 3. The van der Waals surface area contributed by atoms with Crippen molar-refractivity contribution in [3.8, 4) is 0 Å². The van der Waals surface area contributed by atoms with Crippen molar-refractivity contribution in [1.82, 2.24) is 39.9 Å². The summed E-state index contributed by atoms with van der Waals surface area (Å²) in [6.45, 7) is 18.0. The predicted octanol–water partition coefficient (Wildman–Crippen LogP) is 0.913. The van der Waals surface area contributed by atoms with Gasteiger partial charge in [0.25, 0.3) is 22.9 Å². The number of hydrogen-bond donors (Lipinski definition) is 7. The Kier molecular flexibility index (Phi) is 33.0. The fraction of sp³-hybridized carbons (Fsp3) is 0.385. The molecule has 0 atom stereocenters. The van der Waals surface area contributed by atoms with E-state index in [9.17, 15) is 43.2 Å². The molecular formula is C52H67LiN12O16. The molecule has 432 valence electrons. The van der Waals surface area contributed by atoms with Gasteiger partial charge < -0.3 is 57.3 Å². The number of esters is 3. The van der Waals surface area contributed by atoms with Crippen LogP contribution >= 0.6 is 0 Å². The Hall–Kier alpha value is -9.09. The number of nitrogens with one attached hydrogen (secondary N) is 3. The van der Waals surface area contributed by atoms with Gasteiger partial charge in [-0.25, -0.2) is 29.9 Å². The van der Waals surface area contributed by atoms with Crippen LogP contribution in [0.3, 0.4) is 0 Å². The molecule has 0 saturated carbocycles. The standard InChI is InChI=1S/C14H19N3O4.C14H17N3O3.C10H9N3O3.C7H14O2.C6H7N3O.CO2.Li.H2O/c1-14(2,3)21-11(19)7-6-10(18)17-13-9(12(15)20)5-4-8-16-13;1-14(2,3)20-11(18)7-6-10-16-12-9(13(19)17-10)5-4-8-15-12;14-8(15)4-3-7-12-9-6(10(16)13-7)2-1-5-11-9;1-5-6(8)9-7(2,3)4;7-5-4(6(8)10)2-1-3-9-5;2-1-3;;/h4-5,8H,6-7H2,1-3H3,(H2,15,20)(H,16,17,18);4-5,8H,6-7H2,1-3H3,(H,15,16,17,19);1-2,5H,3-4H2,(H,14,15)(H,11,12,13,16);5H2,1-4H3;1-3H,(H2,7,9)(H2,8,10);;;1H2/q;;;;;;+1;/p-1. The van der Waals surface area contributed by atoms with Crippen molar-refractivity contribution in [2.75, 3.05) is 11.1 Å². The van der Waals surface area contributed by atoms with E-state index in [4.69, 9.17) is 46.1 Å². The molecule has 6 rings (SSSR count). The van der Waals surface area contributed by atoms with Crippen molar-refractivity contribution < 1.29 is 86.8 Å². The van der Waals surface area contributed by atoms with E-state index in [2.05, 4.69) is 45.2 Å². The molecule has 81 heavy (non-hydrogen) atoms. The predicted molar refractivity (Wildman–Crippen MR) is 287 cm³/mol. The zero-order valence-corrected chi connectivity index (χ0v) is 46.9. The van der Waals surface area contributed by atoms with Crippen LogP contribution in [0.4, 0.5) is 11.6 Å². The van der Waals surface area contributed by atoms with Gasteiger partial charge >= 0.3 is 48.9 Å². The monoisotopic (exact) mass is 1120 g/mol. The number of aryl methyl sites for hydroxylation is 2. The molecule has 0 saturated heterocycles. The number of hydrogen-bond acceptors (Lipinski definition) is 22. The zero-order valence-electron chi connectivity index (χ0n) is 46.9. The number of carbonyl (C=O) groups is 7. The summed E-state index contributed by atoms with van der Waals surface area (Å²) in [7, 11) is 0. The number of carboxylic acids is 1. The third kappa shape index (κ3) is 31.8. The number of amides is 3. The Labute approximate surface area is 476 Å². The largest absolute Gasteiger partial charge is 1.00 e. The molecule has 29 heteroatoms. The second kappa shape index (κ2) is 36.1. The molecule has 0 aliphatic carbocycles. The number of aromatic nitrogens is 8. The number of carboxylic acid groups (broad SMARTS) is 1. The molecule has 0 aromatic carbocycles. The SMILES string of the molecule is CC(C)(C)OC(=O)CCC(=O)Nc1ncccc1C(N)=O.CC(C)(C)OC(=O)CCc1nc2ncccc2c(=O)[nH]1.CCC(=O)OC(C)(C)C.NC(=O)c1cccnc1N.O=C(O)CCc1nc2ncccc2c(=O)[nH]1.O=C=O.[Li+].[OH-]. The van der Waals surface area contributed by atoms with Crippen molar-refractivity contribution in [2.24, 2.45) is 11.5 Å². The van der Waals surface area contributed by atoms with E-state index in [1.54, 1.807) is 64.2 Å². The fourth-order valence-electron chi connectivity index (χ4n) is 5.66. The van der Waals surface area contributed by atoms with Crippen molar-refractivity contribution in [3.63, 3.8) is 0 Å². The number of pyridine rings is 4. The van der Waals surface area contributed by atoms with Crippen molar-refractivity contribution in [2.45, 2.75) is 131 Å². The number of rotatable bonds is 13. The average Bonchev–Trinajstić information content (AvgIpc) is 3.34. The molecule has 11 N–H and O–H groups in total. The average molecular weight is 1120 g/mol. The summed E-state index contributed by atoms with van der Waals surface area (Å²) in [6.07, 6.45) is 7.23. The van der Waals surface area contributed by atoms with Crippen molar-refractivity contribution in [1.29, 1.82) is 0 Å². The summed E-state index contributed by atoms with van der Waals surface area (Å²) in [5.74, 6) is -2.49. The van der Waals surface area contributed by atoms with E-state index >= 15 is 0 Å². The number of H-pyrrole nitrogens is 2. The minimum Gasteiger partial charge on any atom is -0.870 e. The molecule has 28 nitrogen and oxygen atoms in total. The molecule has 0 aliphatic rings. The van der Waals surface area contributed by atoms with Gasteiger partial charge in [0.15, 0.2) is 11.3 Å². The molecular weight excluding hydrogens is 1060 g/mol. The molecule has 6 aromatic rings. The molecule has 0 fully saturated rings. The van der Waals surface area contributed by atoms with Gasteiger partial charge in [0.1, 0.15) is 40.1 Å². The molecule has 3 amide bonds. The molecule has 0 unspecified atom stereocenters. The second-order valence-corrected chi connectivity index (χ2v) is 19.0. The van der Waals surface area contributed by atoms with Gasteiger partial charge in [-0.1, -0.05) is 6.92 Å². The number of primary amides is 2. The first kappa shape index (κ1) is 74.0. The molecule has 6 aromatic heterocycles. The van der Waals surface area contributed by atoms with Crippen LogP contribution in [0, 0.1) is 0 Å². The number of carbonyl (C=O) groups excluding carboxylic acids is 8. The molecule has 0 spiro atoms. The Morgan fingerprint density at radius 2 is 0.975 bits per heavy atom. The first-order chi connectivity index (χ1) is 36.8. The molecule has 0 bridgehead atoms. The molecule has 0 aliphatic heterocycles. The number of ether oxygens (including phenoxy) is 3. The molecule has 6 heterocycles. The maximum absolute atomic E-state index is 11.8. The normalized spacial score (nSPS) is 10.2. The van der Waals surface area contributed by atoms with E-state index in [1.165, 1.54) is 36.8 Å². The Balaban J connectivity index is 0. The number of anilines is 2. The third-order valence-corrected chi connectivity index (χ3v) is 8.74. The molecule has 0 radical (unpaired) electrons. The van der Waals surface area contributed by atoms with Crippen molar-refractivity contribution >= 4 is 81.5 Å². The van der Waals surface area contributed by atoms with Crippen LogP contribution < -0.4 is 52.5 Å². The Bertz CT molecular complexity index is 3200. The van der Waals surface area contributed by atoms with Crippen LogP contribution in [0.1, 0.15) is 134 Å². The fourth-order valence-corrected chi connectivity index (χ4v) is 5.66. The number of nitrogens with zero attached hydrogens (tertiary/aromatic N) is 6. The number of aromatic amines is 2. The summed E-state index contributed by atoms with van der Waals surface area (Å²) in [6, 6.07) is 12.7. The summed E-state index contributed by atoms with van der Waals surface area (Å²) < 4.78 is 15.2. The zero-order chi connectivity index (χ0) is 60.1. The second-order valence-electron chi connectivity index (χ2n) is 19.0. The maximum atomic E-state index is 11.8. The van der Waals surface area contributed by atoms with E-state index in [1.807, 2.05) is 41.5 Å². The third-order valence-electron chi connectivity index (χ3n) is 8.74. The van der Waals surface area contributed by atoms with E-state index in [0.717, 1.165) is 0 Å². The van der Waals surface area contributed by atoms with Crippen LogP contribution in [0.25, 0.3) is 22.1 Å². The smallest absolute Gasteiger partial charge is 0.870 e. The summed E-state index contributed by atoms with van der Waals surface area (Å²) >= 11 is 0. The Morgan fingerprint density at radius 3 is 1.36 bits per heavy atom. The van der Waals surface area contributed by atoms with Gasteiger partial charge in [-0.3, -0.25) is 43.2 Å². The first-order valence-electron chi connectivity index (χ1n) is 23.9. The van der Waals surface area contributed by atoms with Crippen LogP contribution in [-0.4, -0.2) is 115 Å². The topological polar surface area (TPSA) is 465 Å². The summed E-state index contributed by atoms with van der Waals surface area (Å²) in [5.41, 5.74) is 14.6. The minimum absolute atomic E-state index is 0. The first-order valence-corrected chi connectivity index (χ1v) is 23.9. The van der Waals surface area contributed by atoms with Gasteiger partial charge in [0.2, 0.25) is 5.91 Å². The Morgan fingerprint density at radius 1 is 0.593 bits per heavy atom. The van der Waals surface area contributed by atoms with Crippen LogP contribution in [0.15, 0.2) is 82.9 Å². The quantitative estimate of drug-likeness (QED) is 0.0480. The van der Waals surface area contributed by atoms with E-state index < -0.39 is 40.9 Å². The van der Waals surface area contributed by atoms with Gasteiger partial charge in [-0.15, -0.1) is 0 Å². The van der Waals surface area contributed by atoms with Crippen LogP contribution in [0.5, 0.6) is 0 Å². The summed E-state index contributed by atoms with van der Waals surface area (Å²) in [4.78, 5) is 146. The van der Waals surface area contributed by atoms with Crippen LogP contribution in [-0.2, 0) is 60.6 Å². The number of fused-ring (bicyclic) bond motifs is 2. The van der Waals surface area contributed by atoms with E-state index in [0.29, 0.717) is 46.6 Å². The van der Waals surface area contributed by atoms with Gasteiger partial charge in [0, 0.05) is 50.5 Å². The van der Waals surface area contributed by atoms with Gasteiger partial charge in [-0.05, 0) is 111 Å².